The van der Waals surface area contributed by atoms with Crippen LogP contribution in [0.15, 0.2) is 24.3 Å². The standard InChI is InChI=1S/C16H21NO3/c1-2-3-12-20-13-10-17-16(19)15-9-5-4-7-14(15)8-6-11-18/h4-5,7,9,18H,2-3,10-13H2,1H3,(H,17,19). The van der Waals surface area contributed by atoms with E-state index in [0.29, 0.717) is 24.3 Å². The van der Waals surface area contributed by atoms with E-state index >= 15 is 0 Å². The third kappa shape index (κ3) is 5.87. The molecule has 0 aliphatic rings. The molecule has 0 atom stereocenters. The first-order chi connectivity index (χ1) is 9.79. The number of aliphatic hydroxyl groups excluding tert-OH is 1. The maximum atomic E-state index is 12.0. The van der Waals surface area contributed by atoms with Crippen molar-refractivity contribution < 1.29 is 14.6 Å². The van der Waals surface area contributed by atoms with Crippen molar-refractivity contribution in [3.8, 4) is 11.8 Å². The summed E-state index contributed by atoms with van der Waals surface area (Å²) in [6.45, 7) is 3.60. The van der Waals surface area contributed by atoms with Crippen molar-refractivity contribution in [3.63, 3.8) is 0 Å². The number of unbranched alkanes of at least 4 members (excludes halogenated alkanes) is 1. The summed E-state index contributed by atoms with van der Waals surface area (Å²) in [6, 6.07) is 7.08. The number of carbonyl (C=O) groups excluding carboxylic acids is 1. The number of benzene rings is 1. The largest absolute Gasteiger partial charge is 0.384 e. The third-order valence-electron chi connectivity index (χ3n) is 2.65. The Morgan fingerprint density at radius 3 is 2.90 bits per heavy atom. The molecule has 2 N–H and O–H groups in total. The highest BCUT2D eigenvalue weighted by Gasteiger charge is 2.08. The van der Waals surface area contributed by atoms with Crippen molar-refractivity contribution in [2.24, 2.45) is 0 Å². The summed E-state index contributed by atoms with van der Waals surface area (Å²) in [5, 5.41) is 11.5. The predicted molar refractivity (Wildman–Crippen MR) is 78.5 cm³/mol. The van der Waals surface area contributed by atoms with E-state index in [1.54, 1.807) is 18.2 Å². The number of carbonyl (C=O) groups is 1. The Labute approximate surface area is 120 Å². The first-order valence-corrected chi connectivity index (χ1v) is 6.84. The van der Waals surface area contributed by atoms with Gasteiger partial charge in [0.2, 0.25) is 0 Å². The van der Waals surface area contributed by atoms with Crippen LogP contribution in [0.1, 0.15) is 35.7 Å². The molecule has 0 unspecified atom stereocenters. The first-order valence-electron chi connectivity index (χ1n) is 6.84. The molecule has 0 spiro atoms. The number of hydrogen-bond donors (Lipinski definition) is 2. The zero-order valence-corrected chi connectivity index (χ0v) is 11.8. The Hall–Kier alpha value is -1.83. The van der Waals surface area contributed by atoms with Crippen LogP contribution in [0.3, 0.4) is 0 Å². The third-order valence-corrected chi connectivity index (χ3v) is 2.65. The Morgan fingerprint density at radius 2 is 2.15 bits per heavy atom. The van der Waals surface area contributed by atoms with Crippen LogP contribution in [-0.4, -0.2) is 37.4 Å². The molecule has 108 valence electrons. The van der Waals surface area contributed by atoms with Gasteiger partial charge in [0.05, 0.1) is 12.2 Å². The fourth-order valence-corrected chi connectivity index (χ4v) is 1.61. The maximum Gasteiger partial charge on any atom is 0.252 e. The van der Waals surface area contributed by atoms with Gasteiger partial charge in [0.25, 0.3) is 5.91 Å². The smallest absolute Gasteiger partial charge is 0.252 e. The van der Waals surface area contributed by atoms with Crippen molar-refractivity contribution in [1.29, 1.82) is 0 Å². The average Bonchev–Trinajstić information content (AvgIpc) is 2.48. The summed E-state index contributed by atoms with van der Waals surface area (Å²) < 4.78 is 5.38. The molecule has 0 fully saturated rings. The molecule has 4 heteroatoms. The molecular formula is C16H21NO3. The lowest BCUT2D eigenvalue weighted by Crippen LogP contribution is -2.28. The summed E-state index contributed by atoms with van der Waals surface area (Å²) in [6.07, 6.45) is 2.14. The molecule has 20 heavy (non-hydrogen) atoms. The summed E-state index contributed by atoms with van der Waals surface area (Å²) in [4.78, 5) is 12.0. The van der Waals surface area contributed by atoms with Crippen molar-refractivity contribution in [1.82, 2.24) is 5.32 Å². The van der Waals surface area contributed by atoms with Gasteiger partial charge < -0.3 is 15.2 Å². The zero-order chi connectivity index (χ0) is 14.6. The highest BCUT2D eigenvalue weighted by molar-refractivity contribution is 5.96. The topological polar surface area (TPSA) is 58.6 Å². The Bertz CT molecular complexity index is 474. The lowest BCUT2D eigenvalue weighted by Gasteiger charge is -2.07. The highest BCUT2D eigenvalue weighted by Crippen LogP contribution is 2.06. The predicted octanol–water partition coefficient (Wildman–Crippen LogP) is 1.58. The van der Waals surface area contributed by atoms with Gasteiger partial charge in [-0.15, -0.1) is 0 Å². The molecular weight excluding hydrogens is 254 g/mol. The van der Waals surface area contributed by atoms with Gasteiger partial charge in [-0.2, -0.15) is 0 Å². The lowest BCUT2D eigenvalue weighted by molar-refractivity contribution is 0.0912. The summed E-state index contributed by atoms with van der Waals surface area (Å²) in [5.74, 6) is 5.15. The van der Waals surface area contributed by atoms with E-state index in [1.807, 2.05) is 6.07 Å². The second-order valence-electron chi connectivity index (χ2n) is 4.23. The van der Waals surface area contributed by atoms with Gasteiger partial charge in [0.15, 0.2) is 0 Å². The Kier molecular flexibility index (Phi) is 8.13. The maximum absolute atomic E-state index is 12.0. The Morgan fingerprint density at radius 1 is 1.35 bits per heavy atom. The molecule has 1 rings (SSSR count). The molecule has 0 aromatic heterocycles. The van der Waals surface area contributed by atoms with E-state index in [0.717, 1.165) is 19.4 Å². The van der Waals surface area contributed by atoms with E-state index in [1.165, 1.54) is 0 Å². The van der Waals surface area contributed by atoms with E-state index in [2.05, 4.69) is 24.1 Å². The van der Waals surface area contributed by atoms with E-state index in [-0.39, 0.29) is 12.5 Å². The van der Waals surface area contributed by atoms with Crippen molar-refractivity contribution in [2.75, 3.05) is 26.4 Å². The second kappa shape index (κ2) is 10.0. The number of amides is 1. The van der Waals surface area contributed by atoms with Gasteiger partial charge in [-0.3, -0.25) is 4.79 Å². The van der Waals surface area contributed by atoms with Gasteiger partial charge in [-0.25, -0.2) is 0 Å². The molecule has 1 aromatic carbocycles. The monoisotopic (exact) mass is 275 g/mol. The van der Waals surface area contributed by atoms with E-state index < -0.39 is 0 Å². The number of aliphatic hydroxyl groups is 1. The molecule has 0 heterocycles. The van der Waals surface area contributed by atoms with Crippen LogP contribution in [0, 0.1) is 11.8 Å². The summed E-state index contributed by atoms with van der Waals surface area (Å²) >= 11 is 0. The molecule has 1 amide bonds. The SMILES string of the molecule is CCCCOCCNC(=O)c1ccccc1C#CCO. The van der Waals surface area contributed by atoms with Crippen LogP contribution in [0.2, 0.25) is 0 Å². The van der Waals surface area contributed by atoms with Gasteiger partial charge >= 0.3 is 0 Å². The molecule has 0 aliphatic heterocycles. The minimum atomic E-state index is -0.221. The zero-order valence-electron chi connectivity index (χ0n) is 11.8. The lowest BCUT2D eigenvalue weighted by atomic mass is 10.1. The Balaban J connectivity index is 2.47. The van der Waals surface area contributed by atoms with Gasteiger partial charge in [0.1, 0.15) is 6.61 Å². The number of rotatable bonds is 7. The molecule has 0 bridgehead atoms. The number of ether oxygens (including phenoxy) is 1. The van der Waals surface area contributed by atoms with Crippen LogP contribution in [0.4, 0.5) is 0 Å². The van der Waals surface area contributed by atoms with Crippen LogP contribution in [-0.2, 0) is 4.74 Å². The van der Waals surface area contributed by atoms with Crippen LogP contribution >= 0.6 is 0 Å². The summed E-state index contributed by atoms with van der Waals surface area (Å²) in [5.41, 5.74) is 1.13. The van der Waals surface area contributed by atoms with Gasteiger partial charge in [-0.1, -0.05) is 37.3 Å². The van der Waals surface area contributed by atoms with Crippen molar-refractivity contribution >= 4 is 5.91 Å². The fourth-order valence-electron chi connectivity index (χ4n) is 1.61. The van der Waals surface area contributed by atoms with Gasteiger partial charge in [-0.05, 0) is 18.6 Å². The minimum Gasteiger partial charge on any atom is -0.384 e. The molecule has 0 saturated heterocycles. The van der Waals surface area contributed by atoms with Crippen LogP contribution in [0.25, 0.3) is 0 Å². The highest BCUT2D eigenvalue weighted by atomic mass is 16.5. The molecule has 0 radical (unpaired) electrons. The normalized spacial score (nSPS) is 9.70. The second-order valence-corrected chi connectivity index (χ2v) is 4.23. The minimum absolute atomic E-state index is 0.174. The van der Waals surface area contributed by atoms with Crippen LogP contribution < -0.4 is 5.32 Å². The van der Waals surface area contributed by atoms with Gasteiger partial charge in [0, 0.05) is 18.7 Å². The number of hydrogen-bond acceptors (Lipinski definition) is 3. The molecule has 0 saturated carbocycles. The average molecular weight is 275 g/mol. The summed E-state index contributed by atoms with van der Waals surface area (Å²) in [7, 11) is 0. The quantitative estimate of drug-likeness (QED) is 0.587. The molecule has 1 aromatic rings. The van der Waals surface area contributed by atoms with Crippen molar-refractivity contribution in [3.05, 3.63) is 35.4 Å². The first kappa shape index (κ1) is 16.2. The van der Waals surface area contributed by atoms with Crippen LogP contribution in [0.5, 0.6) is 0 Å². The fraction of sp³-hybridized carbons (Fsp3) is 0.438. The number of nitrogens with one attached hydrogen (secondary N) is 1. The molecule has 4 nitrogen and oxygen atoms in total. The molecule has 0 aliphatic carbocycles. The van der Waals surface area contributed by atoms with E-state index in [4.69, 9.17) is 9.84 Å². The van der Waals surface area contributed by atoms with Crippen molar-refractivity contribution in [2.45, 2.75) is 19.8 Å². The van der Waals surface area contributed by atoms with E-state index in [9.17, 15) is 4.79 Å².